The van der Waals surface area contributed by atoms with Crippen LogP contribution in [-0.2, 0) is 11.2 Å². The zero-order chi connectivity index (χ0) is 14.5. The normalized spacial score (nSPS) is 10.3. The van der Waals surface area contributed by atoms with Gasteiger partial charge in [-0.2, -0.15) is 5.10 Å². The second kappa shape index (κ2) is 6.05. The molecule has 0 aliphatic heterocycles. The van der Waals surface area contributed by atoms with E-state index in [-0.39, 0.29) is 5.91 Å². The minimum atomic E-state index is -0.0203. The first-order chi connectivity index (χ1) is 10.3. The second-order valence-electron chi connectivity index (χ2n) is 4.71. The molecule has 1 aromatic heterocycles. The third-order valence-corrected chi connectivity index (χ3v) is 3.13. The lowest BCUT2D eigenvalue weighted by Gasteiger charge is -2.07. The molecule has 0 bridgehead atoms. The van der Waals surface area contributed by atoms with Gasteiger partial charge in [-0.1, -0.05) is 30.3 Å². The Morgan fingerprint density at radius 3 is 2.43 bits per heavy atom. The van der Waals surface area contributed by atoms with Gasteiger partial charge in [0.15, 0.2) is 0 Å². The number of aromatic nitrogens is 2. The average Bonchev–Trinajstić information content (AvgIpc) is 3.03. The van der Waals surface area contributed by atoms with Crippen LogP contribution in [0.2, 0.25) is 0 Å². The maximum Gasteiger partial charge on any atom is 0.228 e. The molecule has 0 radical (unpaired) electrons. The Balaban J connectivity index is 1.64. The van der Waals surface area contributed by atoms with Crippen LogP contribution in [0, 0.1) is 0 Å². The van der Waals surface area contributed by atoms with Gasteiger partial charge >= 0.3 is 0 Å². The molecule has 104 valence electrons. The SMILES string of the molecule is O=C(Cc1ccccc1)Nc1ccc(-n2cccn2)cc1. The smallest absolute Gasteiger partial charge is 0.228 e. The van der Waals surface area contributed by atoms with E-state index in [1.165, 1.54) is 0 Å². The van der Waals surface area contributed by atoms with Crippen molar-refractivity contribution in [2.24, 2.45) is 0 Å². The highest BCUT2D eigenvalue weighted by Gasteiger charge is 2.04. The van der Waals surface area contributed by atoms with Crippen LogP contribution in [0.15, 0.2) is 73.1 Å². The maximum atomic E-state index is 12.0. The van der Waals surface area contributed by atoms with Crippen LogP contribution in [0.5, 0.6) is 0 Å². The monoisotopic (exact) mass is 277 g/mol. The number of carbonyl (C=O) groups is 1. The molecule has 3 rings (SSSR count). The van der Waals surface area contributed by atoms with E-state index in [1.807, 2.05) is 66.9 Å². The number of carbonyl (C=O) groups excluding carboxylic acids is 1. The summed E-state index contributed by atoms with van der Waals surface area (Å²) >= 11 is 0. The van der Waals surface area contributed by atoms with Crippen molar-refractivity contribution in [3.05, 3.63) is 78.6 Å². The molecule has 0 spiro atoms. The first-order valence-corrected chi connectivity index (χ1v) is 6.75. The first kappa shape index (κ1) is 13.1. The molecule has 1 heterocycles. The fourth-order valence-corrected chi connectivity index (χ4v) is 2.11. The number of nitrogens with one attached hydrogen (secondary N) is 1. The van der Waals surface area contributed by atoms with Crippen LogP contribution >= 0.6 is 0 Å². The highest BCUT2D eigenvalue weighted by molar-refractivity contribution is 5.92. The molecule has 0 saturated carbocycles. The number of benzene rings is 2. The standard InChI is InChI=1S/C17H15N3O/c21-17(13-14-5-2-1-3-6-14)19-15-7-9-16(10-8-15)20-12-4-11-18-20/h1-12H,13H2,(H,19,21). The summed E-state index contributed by atoms with van der Waals surface area (Å²) in [5.74, 6) is -0.0203. The lowest BCUT2D eigenvalue weighted by Crippen LogP contribution is -2.14. The molecule has 0 fully saturated rings. The fraction of sp³-hybridized carbons (Fsp3) is 0.0588. The predicted octanol–water partition coefficient (Wildman–Crippen LogP) is 3.05. The van der Waals surface area contributed by atoms with Crippen LogP contribution in [0.4, 0.5) is 5.69 Å². The Morgan fingerprint density at radius 1 is 1.00 bits per heavy atom. The second-order valence-corrected chi connectivity index (χ2v) is 4.71. The summed E-state index contributed by atoms with van der Waals surface area (Å²) < 4.78 is 1.77. The molecule has 0 atom stereocenters. The van der Waals surface area contributed by atoms with Gasteiger partial charge in [-0.05, 0) is 35.9 Å². The quantitative estimate of drug-likeness (QED) is 0.796. The molecule has 0 aliphatic rings. The highest BCUT2D eigenvalue weighted by Crippen LogP contribution is 2.13. The predicted molar refractivity (Wildman–Crippen MR) is 82.3 cm³/mol. The van der Waals surface area contributed by atoms with Gasteiger partial charge in [-0.15, -0.1) is 0 Å². The zero-order valence-electron chi connectivity index (χ0n) is 11.4. The third-order valence-electron chi connectivity index (χ3n) is 3.13. The fourth-order valence-electron chi connectivity index (χ4n) is 2.11. The van der Waals surface area contributed by atoms with Crippen LogP contribution in [-0.4, -0.2) is 15.7 Å². The Morgan fingerprint density at radius 2 is 1.76 bits per heavy atom. The molecule has 3 aromatic rings. The molecule has 0 unspecified atom stereocenters. The molecule has 21 heavy (non-hydrogen) atoms. The number of amides is 1. The summed E-state index contributed by atoms with van der Waals surface area (Å²) in [6, 6.07) is 19.2. The van der Waals surface area contributed by atoms with Crippen molar-refractivity contribution in [2.45, 2.75) is 6.42 Å². The van der Waals surface area contributed by atoms with Crippen LogP contribution < -0.4 is 5.32 Å². The maximum absolute atomic E-state index is 12.0. The van der Waals surface area contributed by atoms with Gasteiger partial charge in [0.1, 0.15) is 0 Å². The van der Waals surface area contributed by atoms with Gasteiger partial charge < -0.3 is 5.32 Å². The molecule has 1 N–H and O–H groups in total. The van der Waals surface area contributed by atoms with Crippen molar-refractivity contribution >= 4 is 11.6 Å². The summed E-state index contributed by atoms with van der Waals surface area (Å²) in [4.78, 5) is 12.0. The van der Waals surface area contributed by atoms with Crippen molar-refractivity contribution in [3.63, 3.8) is 0 Å². The van der Waals surface area contributed by atoms with Gasteiger partial charge in [0.2, 0.25) is 5.91 Å². The molecular formula is C17H15N3O. The molecule has 1 amide bonds. The van der Waals surface area contributed by atoms with E-state index in [0.717, 1.165) is 16.9 Å². The molecule has 2 aromatic carbocycles. The average molecular weight is 277 g/mol. The van der Waals surface area contributed by atoms with Crippen LogP contribution in [0.3, 0.4) is 0 Å². The Hall–Kier alpha value is -2.88. The zero-order valence-corrected chi connectivity index (χ0v) is 11.4. The van der Waals surface area contributed by atoms with Crippen molar-refractivity contribution in [3.8, 4) is 5.69 Å². The minimum absolute atomic E-state index is 0.0203. The summed E-state index contributed by atoms with van der Waals surface area (Å²) in [6.45, 7) is 0. The highest BCUT2D eigenvalue weighted by atomic mass is 16.1. The van der Waals surface area contributed by atoms with Crippen molar-refractivity contribution < 1.29 is 4.79 Å². The number of anilines is 1. The Bertz CT molecular complexity index is 704. The van der Waals surface area contributed by atoms with Crippen molar-refractivity contribution in [1.82, 2.24) is 9.78 Å². The van der Waals surface area contributed by atoms with E-state index >= 15 is 0 Å². The van der Waals surface area contributed by atoms with Crippen LogP contribution in [0.25, 0.3) is 5.69 Å². The molecule has 0 aliphatic carbocycles. The molecular weight excluding hydrogens is 262 g/mol. The first-order valence-electron chi connectivity index (χ1n) is 6.75. The van der Waals surface area contributed by atoms with Gasteiger partial charge in [0.05, 0.1) is 12.1 Å². The number of hydrogen-bond donors (Lipinski definition) is 1. The van der Waals surface area contributed by atoms with E-state index in [1.54, 1.807) is 10.9 Å². The van der Waals surface area contributed by atoms with E-state index in [9.17, 15) is 4.79 Å². The Labute approximate surface area is 123 Å². The van der Waals surface area contributed by atoms with Gasteiger partial charge in [-0.3, -0.25) is 4.79 Å². The molecule has 4 heteroatoms. The minimum Gasteiger partial charge on any atom is -0.326 e. The summed E-state index contributed by atoms with van der Waals surface area (Å²) in [7, 11) is 0. The summed E-state index contributed by atoms with van der Waals surface area (Å²) in [5, 5.41) is 7.06. The number of rotatable bonds is 4. The number of hydrogen-bond acceptors (Lipinski definition) is 2. The summed E-state index contributed by atoms with van der Waals surface area (Å²) in [6.07, 6.45) is 3.99. The van der Waals surface area contributed by atoms with Gasteiger partial charge in [0, 0.05) is 18.1 Å². The van der Waals surface area contributed by atoms with E-state index in [2.05, 4.69) is 10.4 Å². The molecule has 4 nitrogen and oxygen atoms in total. The van der Waals surface area contributed by atoms with E-state index < -0.39 is 0 Å². The Kier molecular flexibility index (Phi) is 3.78. The third kappa shape index (κ3) is 3.36. The molecule has 0 saturated heterocycles. The van der Waals surface area contributed by atoms with E-state index in [0.29, 0.717) is 6.42 Å². The van der Waals surface area contributed by atoms with Gasteiger partial charge in [0.25, 0.3) is 0 Å². The van der Waals surface area contributed by atoms with Crippen LogP contribution in [0.1, 0.15) is 5.56 Å². The van der Waals surface area contributed by atoms with Crippen molar-refractivity contribution in [1.29, 1.82) is 0 Å². The van der Waals surface area contributed by atoms with Crippen molar-refractivity contribution in [2.75, 3.05) is 5.32 Å². The van der Waals surface area contributed by atoms with E-state index in [4.69, 9.17) is 0 Å². The van der Waals surface area contributed by atoms with Gasteiger partial charge in [-0.25, -0.2) is 4.68 Å². The topological polar surface area (TPSA) is 46.9 Å². The summed E-state index contributed by atoms with van der Waals surface area (Å²) in [5.41, 5.74) is 2.75. The lowest BCUT2D eigenvalue weighted by molar-refractivity contribution is -0.115. The number of nitrogens with zero attached hydrogens (tertiary/aromatic N) is 2. The lowest BCUT2D eigenvalue weighted by atomic mass is 10.1. The largest absolute Gasteiger partial charge is 0.326 e.